The molecule has 0 rings (SSSR count). The Hall–Kier alpha value is -4.19. The molecule has 6 nitrogen and oxygen atoms in total. The third-order valence-electron chi connectivity index (χ3n) is 14.2. The van der Waals surface area contributed by atoms with Gasteiger partial charge in [0.2, 0.25) is 0 Å². The number of allylic oxidation sites excluding steroid dienone is 20. The molecule has 0 aliphatic carbocycles. The van der Waals surface area contributed by atoms with Crippen molar-refractivity contribution < 1.29 is 28.6 Å². The zero-order chi connectivity index (χ0) is 57.8. The predicted molar refractivity (Wildman–Crippen MR) is 348 cm³/mol. The molecule has 6 heteroatoms. The summed E-state index contributed by atoms with van der Waals surface area (Å²) in [5, 5.41) is 0. The van der Waals surface area contributed by atoms with Crippen LogP contribution < -0.4 is 0 Å². The Balaban J connectivity index is 4.38. The van der Waals surface area contributed by atoms with Crippen LogP contribution in [0, 0.1) is 0 Å². The Bertz CT molecular complexity index is 1650. The average molecular weight is 1110 g/mol. The van der Waals surface area contributed by atoms with Crippen LogP contribution in [0.15, 0.2) is 122 Å². The molecule has 0 spiro atoms. The van der Waals surface area contributed by atoms with Gasteiger partial charge in [0.05, 0.1) is 0 Å². The summed E-state index contributed by atoms with van der Waals surface area (Å²) in [6.45, 7) is 6.47. The Kier molecular flexibility index (Phi) is 63.8. The first-order chi connectivity index (χ1) is 39.5. The maximum Gasteiger partial charge on any atom is 0.306 e. The molecule has 0 fully saturated rings. The summed E-state index contributed by atoms with van der Waals surface area (Å²) in [6, 6.07) is 0. The van der Waals surface area contributed by atoms with Gasteiger partial charge in [0, 0.05) is 19.3 Å². The van der Waals surface area contributed by atoms with E-state index in [4.69, 9.17) is 14.2 Å². The molecule has 0 bridgehead atoms. The Labute approximate surface area is 494 Å². The number of hydrogen-bond acceptors (Lipinski definition) is 6. The lowest BCUT2D eigenvalue weighted by molar-refractivity contribution is -0.167. The second-order valence-corrected chi connectivity index (χ2v) is 22.0. The lowest BCUT2D eigenvalue weighted by atomic mass is 10.1. The van der Waals surface area contributed by atoms with Gasteiger partial charge >= 0.3 is 17.9 Å². The van der Waals surface area contributed by atoms with Crippen molar-refractivity contribution in [2.75, 3.05) is 13.2 Å². The summed E-state index contributed by atoms with van der Waals surface area (Å²) in [5.74, 6) is -0.911. The van der Waals surface area contributed by atoms with Gasteiger partial charge in [-0.3, -0.25) is 14.4 Å². The number of unbranched alkanes of at least 4 members (excludes halogenated alkanes) is 29. The van der Waals surface area contributed by atoms with E-state index in [1.807, 2.05) is 0 Å². The van der Waals surface area contributed by atoms with Gasteiger partial charge in [0.1, 0.15) is 13.2 Å². The van der Waals surface area contributed by atoms with Gasteiger partial charge in [-0.05, 0) is 128 Å². The number of carbonyl (C=O) groups excluding carboxylic acids is 3. The monoisotopic (exact) mass is 1110 g/mol. The highest BCUT2D eigenvalue weighted by Crippen LogP contribution is 2.16. The molecule has 0 amide bonds. The van der Waals surface area contributed by atoms with Crippen LogP contribution in [-0.4, -0.2) is 37.2 Å². The standard InChI is InChI=1S/C74H124O6/c1-4-7-10-13-16-19-22-25-28-30-32-34-36-37-39-40-42-44-46-49-52-55-58-61-64-67-73(76)79-70-71(69-78-72(75)66-63-60-57-54-51-48-27-24-21-18-15-12-9-6-3)80-74(77)68-65-62-59-56-53-50-47-45-43-41-38-35-33-31-29-26-23-20-17-14-11-8-5-2/h7,10,15-16,18-19,23-28,31-34,37-39,41,71H,4-6,8-9,11-14,17,20-22,29-30,35-36,40,42-70H2,1-3H3/b10-7-,18-15-,19-16-,26-23-,27-24-,28-25-,33-31-,34-32-,39-37-,41-38-. The largest absolute Gasteiger partial charge is 0.462 e. The molecule has 0 aliphatic rings. The third kappa shape index (κ3) is 64.6. The Morgan fingerprint density at radius 3 is 0.800 bits per heavy atom. The molecular formula is C74H124O6. The van der Waals surface area contributed by atoms with Crippen molar-refractivity contribution in [1.82, 2.24) is 0 Å². The summed E-state index contributed by atoms with van der Waals surface area (Å²) in [4.78, 5) is 38.4. The van der Waals surface area contributed by atoms with E-state index >= 15 is 0 Å². The molecule has 0 aromatic rings. The molecule has 0 heterocycles. The summed E-state index contributed by atoms with van der Waals surface area (Å²) >= 11 is 0. The first-order valence-corrected chi connectivity index (χ1v) is 33.5. The average Bonchev–Trinajstić information content (AvgIpc) is 3.46. The van der Waals surface area contributed by atoms with Crippen molar-refractivity contribution in [3.63, 3.8) is 0 Å². The minimum atomic E-state index is -0.796. The van der Waals surface area contributed by atoms with Gasteiger partial charge in [-0.25, -0.2) is 0 Å². The minimum absolute atomic E-state index is 0.0907. The van der Waals surface area contributed by atoms with Crippen LogP contribution in [0.25, 0.3) is 0 Å². The first-order valence-electron chi connectivity index (χ1n) is 33.5. The van der Waals surface area contributed by atoms with Gasteiger partial charge in [-0.15, -0.1) is 0 Å². The van der Waals surface area contributed by atoms with Crippen molar-refractivity contribution in [1.29, 1.82) is 0 Å². The lowest BCUT2D eigenvalue weighted by Crippen LogP contribution is -2.30. The minimum Gasteiger partial charge on any atom is -0.462 e. The third-order valence-corrected chi connectivity index (χ3v) is 14.2. The molecule has 0 saturated heterocycles. The molecule has 0 radical (unpaired) electrons. The summed E-state index contributed by atoms with van der Waals surface area (Å²) in [5.41, 5.74) is 0. The fourth-order valence-electron chi connectivity index (χ4n) is 9.14. The maximum atomic E-state index is 12.9. The molecule has 0 aromatic carbocycles. The van der Waals surface area contributed by atoms with Gasteiger partial charge < -0.3 is 14.2 Å². The van der Waals surface area contributed by atoms with Crippen molar-refractivity contribution >= 4 is 17.9 Å². The van der Waals surface area contributed by atoms with Crippen molar-refractivity contribution in [3.05, 3.63) is 122 Å². The SMILES string of the molecule is CC/C=C\C/C=C\C/C=C\C/C=C\C/C=C\CCCCCCCCCCCC(=O)OCC(COC(=O)CCCCCCC/C=C\C/C=C\CCCC)OC(=O)CCCCCCCCCC/C=C\C/C=C\C/C=C\CCCCCCC. The van der Waals surface area contributed by atoms with Crippen molar-refractivity contribution in [2.45, 2.75) is 316 Å². The van der Waals surface area contributed by atoms with E-state index in [0.29, 0.717) is 19.3 Å². The number of carbonyl (C=O) groups is 3. The maximum absolute atomic E-state index is 12.9. The molecule has 1 atom stereocenters. The number of esters is 3. The Morgan fingerprint density at radius 2 is 0.500 bits per heavy atom. The lowest BCUT2D eigenvalue weighted by Gasteiger charge is -2.18. The van der Waals surface area contributed by atoms with Crippen molar-refractivity contribution in [2.24, 2.45) is 0 Å². The quantitative estimate of drug-likeness (QED) is 0.0261. The predicted octanol–water partition coefficient (Wildman–Crippen LogP) is 23.2. The van der Waals surface area contributed by atoms with E-state index in [-0.39, 0.29) is 31.1 Å². The van der Waals surface area contributed by atoms with Crippen LogP contribution in [-0.2, 0) is 28.6 Å². The van der Waals surface area contributed by atoms with E-state index in [0.717, 1.165) is 141 Å². The Morgan fingerprint density at radius 1 is 0.263 bits per heavy atom. The second kappa shape index (κ2) is 67.3. The van der Waals surface area contributed by atoms with E-state index in [1.54, 1.807) is 0 Å². The second-order valence-electron chi connectivity index (χ2n) is 22.0. The molecule has 0 aromatic heterocycles. The summed E-state index contributed by atoms with van der Waals surface area (Å²) < 4.78 is 16.9. The van der Waals surface area contributed by atoms with Crippen LogP contribution in [0.3, 0.4) is 0 Å². The smallest absolute Gasteiger partial charge is 0.306 e. The molecule has 0 aliphatic heterocycles. The highest BCUT2D eigenvalue weighted by atomic mass is 16.6. The molecule has 1 unspecified atom stereocenters. The van der Waals surface area contributed by atoms with Gasteiger partial charge in [-0.1, -0.05) is 284 Å². The molecule has 0 saturated carbocycles. The van der Waals surface area contributed by atoms with Gasteiger partial charge in [0.15, 0.2) is 6.10 Å². The van der Waals surface area contributed by atoms with E-state index in [9.17, 15) is 14.4 Å². The molecule has 0 N–H and O–H groups in total. The summed E-state index contributed by atoms with van der Waals surface area (Å²) in [7, 11) is 0. The summed E-state index contributed by atoms with van der Waals surface area (Å²) in [6.07, 6.45) is 93.4. The van der Waals surface area contributed by atoms with Gasteiger partial charge in [-0.2, -0.15) is 0 Å². The number of ether oxygens (including phenoxy) is 3. The fourth-order valence-corrected chi connectivity index (χ4v) is 9.14. The topological polar surface area (TPSA) is 78.9 Å². The number of hydrogen-bond donors (Lipinski definition) is 0. The molecule has 80 heavy (non-hydrogen) atoms. The van der Waals surface area contributed by atoms with E-state index < -0.39 is 6.10 Å². The zero-order valence-electron chi connectivity index (χ0n) is 52.3. The van der Waals surface area contributed by atoms with E-state index in [2.05, 4.69) is 142 Å². The van der Waals surface area contributed by atoms with Gasteiger partial charge in [0.25, 0.3) is 0 Å². The first kappa shape index (κ1) is 75.8. The van der Waals surface area contributed by atoms with Crippen LogP contribution in [0.1, 0.15) is 310 Å². The normalized spacial score (nSPS) is 12.9. The highest BCUT2D eigenvalue weighted by Gasteiger charge is 2.19. The molecular weight excluding hydrogens is 985 g/mol. The highest BCUT2D eigenvalue weighted by molar-refractivity contribution is 5.71. The zero-order valence-corrected chi connectivity index (χ0v) is 52.3. The fraction of sp³-hybridized carbons (Fsp3) is 0.689. The van der Waals surface area contributed by atoms with Crippen LogP contribution in [0.5, 0.6) is 0 Å². The number of rotatable bonds is 60. The molecule has 456 valence electrons. The van der Waals surface area contributed by atoms with Crippen LogP contribution in [0.4, 0.5) is 0 Å². The van der Waals surface area contributed by atoms with Crippen molar-refractivity contribution in [3.8, 4) is 0 Å². The van der Waals surface area contributed by atoms with E-state index in [1.165, 1.54) is 128 Å². The van der Waals surface area contributed by atoms with Crippen LogP contribution in [0.2, 0.25) is 0 Å². The van der Waals surface area contributed by atoms with Crippen LogP contribution >= 0.6 is 0 Å².